The van der Waals surface area contributed by atoms with E-state index in [0.717, 1.165) is 39.3 Å². The topological polar surface area (TPSA) is 80.7 Å². The van der Waals surface area contributed by atoms with Gasteiger partial charge in [-0.1, -0.05) is 31.7 Å². The van der Waals surface area contributed by atoms with Gasteiger partial charge in [0, 0.05) is 17.3 Å². The zero-order valence-electron chi connectivity index (χ0n) is 17.5. The zero-order chi connectivity index (χ0) is 21.4. The smallest absolute Gasteiger partial charge is 0.235 e. The molecular weight excluding hydrogens is 426 g/mol. The molecule has 1 aliphatic rings. The van der Waals surface area contributed by atoms with Crippen molar-refractivity contribution >= 4 is 55.3 Å². The molecule has 0 saturated carbocycles. The Labute approximate surface area is 188 Å². The standard InChI is InChI=1S/C23H23N5OS2/c1-13(2)10-16-14-6-5-7-15(14)19-20-21(31-22(19)27-16)23(26-12-25-20)30-11-18(29)28-17-8-3-4-9-24-17/h3-4,8-9,12-13H,5-7,10-11H2,1-2H3,(H,24,28,29). The molecular formula is C23H23N5OS2. The Morgan fingerprint density at radius 2 is 2.06 bits per heavy atom. The minimum Gasteiger partial charge on any atom is -0.310 e. The van der Waals surface area contributed by atoms with Crippen LogP contribution in [0.25, 0.3) is 20.4 Å². The molecule has 6 nitrogen and oxygen atoms in total. The van der Waals surface area contributed by atoms with E-state index in [1.807, 2.05) is 12.1 Å². The lowest BCUT2D eigenvalue weighted by molar-refractivity contribution is -0.113. The Morgan fingerprint density at radius 3 is 2.87 bits per heavy atom. The number of thioether (sulfide) groups is 1. The summed E-state index contributed by atoms with van der Waals surface area (Å²) in [5.41, 5.74) is 5.08. The SMILES string of the molecule is CC(C)Cc1nc2sc3c(SCC(=O)Nc4ccccn4)ncnc3c2c2c1CCC2. The number of rotatable bonds is 6. The fourth-order valence-electron chi connectivity index (χ4n) is 4.16. The highest BCUT2D eigenvalue weighted by Gasteiger charge is 2.24. The van der Waals surface area contributed by atoms with Gasteiger partial charge >= 0.3 is 0 Å². The molecule has 0 radical (unpaired) electrons. The Bertz CT molecular complexity index is 1270. The van der Waals surface area contributed by atoms with Crippen molar-refractivity contribution in [3.8, 4) is 0 Å². The average molecular weight is 450 g/mol. The number of hydrogen-bond donors (Lipinski definition) is 1. The van der Waals surface area contributed by atoms with Gasteiger partial charge < -0.3 is 5.32 Å². The molecule has 8 heteroatoms. The second kappa shape index (κ2) is 8.51. The summed E-state index contributed by atoms with van der Waals surface area (Å²) in [7, 11) is 0. The van der Waals surface area contributed by atoms with Crippen LogP contribution in [0.15, 0.2) is 35.7 Å². The van der Waals surface area contributed by atoms with Gasteiger partial charge in [-0.25, -0.2) is 19.9 Å². The van der Waals surface area contributed by atoms with Crippen molar-refractivity contribution in [3.05, 3.63) is 47.5 Å². The van der Waals surface area contributed by atoms with E-state index in [1.165, 1.54) is 40.4 Å². The molecule has 0 spiro atoms. The van der Waals surface area contributed by atoms with Crippen LogP contribution in [-0.4, -0.2) is 31.6 Å². The maximum atomic E-state index is 12.4. The third-order valence-corrected chi connectivity index (χ3v) is 7.60. The minimum absolute atomic E-state index is 0.102. The molecule has 158 valence electrons. The van der Waals surface area contributed by atoms with E-state index in [1.54, 1.807) is 29.9 Å². The molecule has 31 heavy (non-hydrogen) atoms. The summed E-state index contributed by atoms with van der Waals surface area (Å²) in [5, 5.41) is 4.85. The molecule has 0 saturated heterocycles. The van der Waals surface area contributed by atoms with Gasteiger partial charge in [0.15, 0.2) is 0 Å². The summed E-state index contributed by atoms with van der Waals surface area (Å²) >= 11 is 3.08. The predicted octanol–water partition coefficient (Wildman–Crippen LogP) is 5.05. The molecule has 0 unspecified atom stereocenters. The normalized spacial score (nSPS) is 13.3. The fourth-order valence-corrected chi connectivity index (χ4v) is 6.22. The molecule has 0 aromatic carbocycles. The van der Waals surface area contributed by atoms with E-state index in [0.29, 0.717) is 11.7 Å². The van der Waals surface area contributed by atoms with Crippen molar-refractivity contribution in [1.82, 2.24) is 19.9 Å². The second-order valence-electron chi connectivity index (χ2n) is 8.16. The number of fused-ring (bicyclic) bond motifs is 5. The number of nitrogens with zero attached hydrogens (tertiary/aromatic N) is 4. The number of carbonyl (C=O) groups is 1. The van der Waals surface area contributed by atoms with Crippen LogP contribution < -0.4 is 5.32 Å². The lowest BCUT2D eigenvalue weighted by Crippen LogP contribution is -2.14. The van der Waals surface area contributed by atoms with Gasteiger partial charge in [-0.15, -0.1) is 11.3 Å². The maximum absolute atomic E-state index is 12.4. The number of thiophene rings is 1. The van der Waals surface area contributed by atoms with Gasteiger partial charge in [0.2, 0.25) is 5.91 Å². The molecule has 4 aromatic rings. The summed E-state index contributed by atoms with van der Waals surface area (Å²) in [5.74, 6) is 1.30. The average Bonchev–Trinajstić information content (AvgIpc) is 3.37. The maximum Gasteiger partial charge on any atom is 0.235 e. The first kappa shape index (κ1) is 20.3. The van der Waals surface area contributed by atoms with Gasteiger partial charge in [0.1, 0.15) is 22.0 Å². The second-order valence-corrected chi connectivity index (χ2v) is 10.1. The Kier molecular flexibility index (Phi) is 5.58. The van der Waals surface area contributed by atoms with E-state index in [-0.39, 0.29) is 11.7 Å². The Morgan fingerprint density at radius 1 is 1.19 bits per heavy atom. The Balaban J connectivity index is 1.48. The molecule has 4 aromatic heterocycles. The van der Waals surface area contributed by atoms with E-state index in [9.17, 15) is 4.79 Å². The summed E-state index contributed by atoms with van der Waals surface area (Å²) in [4.78, 5) is 31.7. The first-order valence-electron chi connectivity index (χ1n) is 10.5. The van der Waals surface area contributed by atoms with Crippen molar-refractivity contribution in [2.24, 2.45) is 5.92 Å². The largest absolute Gasteiger partial charge is 0.310 e. The lowest BCUT2D eigenvalue weighted by atomic mass is 9.99. The van der Waals surface area contributed by atoms with Crippen LogP contribution in [0.1, 0.15) is 37.1 Å². The monoisotopic (exact) mass is 449 g/mol. The number of aromatic nitrogens is 4. The van der Waals surface area contributed by atoms with Gasteiger partial charge in [-0.05, 0) is 54.9 Å². The van der Waals surface area contributed by atoms with Crippen LogP contribution in [0, 0.1) is 5.92 Å². The highest BCUT2D eigenvalue weighted by molar-refractivity contribution is 8.00. The molecule has 5 rings (SSSR count). The number of carbonyl (C=O) groups excluding carboxylic acids is 1. The van der Waals surface area contributed by atoms with Gasteiger partial charge in [0.25, 0.3) is 0 Å². The highest BCUT2D eigenvalue weighted by Crippen LogP contribution is 2.42. The van der Waals surface area contributed by atoms with Crippen LogP contribution in [0.3, 0.4) is 0 Å². The van der Waals surface area contributed by atoms with E-state index >= 15 is 0 Å². The molecule has 0 bridgehead atoms. The molecule has 0 atom stereocenters. The third kappa shape index (κ3) is 4.02. The van der Waals surface area contributed by atoms with Crippen LogP contribution >= 0.6 is 23.1 Å². The zero-order valence-corrected chi connectivity index (χ0v) is 19.1. The first-order valence-corrected chi connectivity index (χ1v) is 12.3. The summed E-state index contributed by atoms with van der Waals surface area (Å²) < 4.78 is 1.02. The van der Waals surface area contributed by atoms with Crippen molar-refractivity contribution in [2.45, 2.75) is 44.6 Å². The summed E-state index contributed by atoms with van der Waals surface area (Å²) in [6.45, 7) is 4.49. The van der Waals surface area contributed by atoms with Crippen molar-refractivity contribution < 1.29 is 4.79 Å². The molecule has 1 N–H and O–H groups in total. The molecule has 1 aliphatic carbocycles. The van der Waals surface area contributed by atoms with Gasteiger partial charge in [0.05, 0.1) is 16.0 Å². The number of anilines is 1. The summed E-state index contributed by atoms with van der Waals surface area (Å²) in [6, 6.07) is 5.44. The van der Waals surface area contributed by atoms with Crippen LogP contribution in [0.4, 0.5) is 5.82 Å². The van der Waals surface area contributed by atoms with Gasteiger partial charge in [-0.2, -0.15) is 0 Å². The number of hydrogen-bond acceptors (Lipinski definition) is 7. The molecule has 0 aliphatic heterocycles. The van der Waals surface area contributed by atoms with Gasteiger partial charge in [-0.3, -0.25) is 4.79 Å². The molecule has 4 heterocycles. The van der Waals surface area contributed by atoms with Crippen LogP contribution in [-0.2, 0) is 24.1 Å². The van der Waals surface area contributed by atoms with Crippen LogP contribution in [0.5, 0.6) is 0 Å². The fraction of sp³-hybridized carbons (Fsp3) is 0.348. The molecule has 1 amide bonds. The third-order valence-electron chi connectivity index (χ3n) is 5.40. The van der Waals surface area contributed by atoms with E-state index < -0.39 is 0 Å². The molecule has 0 fully saturated rings. The first-order chi connectivity index (χ1) is 15.1. The van der Waals surface area contributed by atoms with E-state index in [4.69, 9.17) is 4.98 Å². The Hall–Kier alpha value is -2.58. The van der Waals surface area contributed by atoms with Crippen molar-refractivity contribution in [3.63, 3.8) is 0 Å². The van der Waals surface area contributed by atoms with Crippen molar-refractivity contribution in [1.29, 1.82) is 0 Å². The number of aryl methyl sites for hydroxylation is 1. The summed E-state index contributed by atoms with van der Waals surface area (Å²) in [6.07, 6.45) is 7.65. The lowest BCUT2D eigenvalue weighted by Gasteiger charge is -2.11. The van der Waals surface area contributed by atoms with E-state index in [2.05, 4.69) is 34.1 Å². The number of pyridine rings is 2. The number of nitrogens with one attached hydrogen (secondary N) is 1. The van der Waals surface area contributed by atoms with Crippen LogP contribution in [0.2, 0.25) is 0 Å². The predicted molar refractivity (Wildman–Crippen MR) is 127 cm³/mol. The minimum atomic E-state index is -0.102. The highest BCUT2D eigenvalue weighted by atomic mass is 32.2. The quantitative estimate of drug-likeness (QED) is 0.328. The van der Waals surface area contributed by atoms with Crippen molar-refractivity contribution in [2.75, 3.05) is 11.1 Å². The number of amides is 1.